The van der Waals surface area contributed by atoms with Gasteiger partial charge in [0.2, 0.25) is 0 Å². The van der Waals surface area contributed by atoms with Crippen molar-refractivity contribution < 1.29 is 9.52 Å². The summed E-state index contributed by atoms with van der Waals surface area (Å²) < 4.78 is 4.91. The van der Waals surface area contributed by atoms with Crippen LogP contribution in [0.25, 0.3) is 0 Å². The molecule has 0 spiro atoms. The Balaban J connectivity index is 2.04. The van der Waals surface area contributed by atoms with Crippen LogP contribution >= 0.6 is 0 Å². The fraction of sp³-hybridized carbons (Fsp3) is 0.556. The Morgan fingerprint density at radius 1 is 1.67 bits per heavy atom. The smallest absolute Gasteiger partial charge is 0.0973 e. The third-order valence-electron chi connectivity index (χ3n) is 2.36. The topological polar surface area (TPSA) is 45.4 Å². The Morgan fingerprint density at radius 2 is 2.58 bits per heavy atom. The zero-order chi connectivity index (χ0) is 8.39. The molecular weight excluding hydrogens is 154 g/mol. The van der Waals surface area contributed by atoms with Crippen LogP contribution in [-0.4, -0.2) is 17.7 Å². The Bertz CT molecular complexity index is 227. The molecule has 1 aromatic rings. The summed E-state index contributed by atoms with van der Waals surface area (Å²) in [5, 5.41) is 13.0. The van der Waals surface area contributed by atoms with Gasteiger partial charge in [-0.1, -0.05) is 0 Å². The van der Waals surface area contributed by atoms with E-state index in [4.69, 9.17) is 4.42 Å². The van der Waals surface area contributed by atoms with E-state index in [1.54, 1.807) is 12.5 Å². The van der Waals surface area contributed by atoms with Crippen LogP contribution in [0.2, 0.25) is 0 Å². The molecule has 1 aliphatic heterocycles. The average Bonchev–Trinajstić information content (AvgIpc) is 2.77. The van der Waals surface area contributed by atoms with E-state index in [0.29, 0.717) is 0 Å². The van der Waals surface area contributed by atoms with E-state index < -0.39 is 6.10 Å². The number of nitrogens with one attached hydrogen (secondary N) is 1. The summed E-state index contributed by atoms with van der Waals surface area (Å²) in [4.78, 5) is 0. The molecule has 2 heterocycles. The molecule has 2 rings (SSSR count). The Hall–Kier alpha value is -0.800. The normalized spacial score (nSPS) is 25.9. The molecule has 66 valence electrons. The molecule has 2 unspecified atom stereocenters. The highest BCUT2D eigenvalue weighted by Gasteiger charge is 2.24. The fourth-order valence-electron chi connectivity index (χ4n) is 1.66. The fourth-order valence-corrected chi connectivity index (χ4v) is 1.66. The number of rotatable bonds is 2. The van der Waals surface area contributed by atoms with Crippen molar-refractivity contribution in [3.05, 3.63) is 24.2 Å². The SMILES string of the molecule is OC(c1ccoc1)C1CCCN1. The first-order valence-electron chi connectivity index (χ1n) is 4.31. The molecule has 12 heavy (non-hydrogen) atoms. The number of hydrogen-bond donors (Lipinski definition) is 2. The van der Waals surface area contributed by atoms with Crippen LogP contribution in [0.1, 0.15) is 24.5 Å². The largest absolute Gasteiger partial charge is 0.472 e. The average molecular weight is 167 g/mol. The lowest BCUT2D eigenvalue weighted by atomic mass is 10.0. The Kier molecular flexibility index (Phi) is 2.15. The molecule has 1 saturated heterocycles. The summed E-state index contributed by atoms with van der Waals surface area (Å²) >= 11 is 0. The van der Waals surface area contributed by atoms with Crippen molar-refractivity contribution in [2.24, 2.45) is 0 Å². The minimum absolute atomic E-state index is 0.211. The van der Waals surface area contributed by atoms with Gasteiger partial charge in [0.05, 0.1) is 18.6 Å². The second kappa shape index (κ2) is 3.29. The van der Waals surface area contributed by atoms with Gasteiger partial charge < -0.3 is 14.8 Å². The van der Waals surface area contributed by atoms with Crippen LogP contribution in [0.5, 0.6) is 0 Å². The molecular formula is C9H13NO2. The van der Waals surface area contributed by atoms with Gasteiger partial charge in [-0.3, -0.25) is 0 Å². The van der Waals surface area contributed by atoms with Crippen molar-refractivity contribution in [3.63, 3.8) is 0 Å². The van der Waals surface area contributed by atoms with E-state index in [1.807, 2.05) is 6.07 Å². The highest BCUT2D eigenvalue weighted by Crippen LogP contribution is 2.22. The van der Waals surface area contributed by atoms with Crippen molar-refractivity contribution in [3.8, 4) is 0 Å². The molecule has 0 saturated carbocycles. The third-order valence-corrected chi connectivity index (χ3v) is 2.36. The van der Waals surface area contributed by atoms with Gasteiger partial charge in [-0.2, -0.15) is 0 Å². The summed E-state index contributed by atoms with van der Waals surface area (Å²) in [5.74, 6) is 0. The first-order valence-corrected chi connectivity index (χ1v) is 4.31. The molecule has 0 aliphatic carbocycles. The minimum Gasteiger partial charge on any atom is -0.472 e. The lowest BCUT2D eigenvalue weighted by Crippen LogP contribution is -2.28. The Morgan fingerprint density at radius 3 is 3.17 bits per heavy atom. The van der Waals surface area contributed by atoms with E-state index in [1.165, 1.54) is 0 Å². The third kappa shape index (κ3) is 1.38. The summed E-state index contributed by atoms with van der Waals surface area (Å²) in [7, 11) is 0. The van der Waals surface area contributed by atoms with Gasteiger partial charge in [-0.15, -0.1) is 0 Å². The molecule has 3 nitrogen and oxygen atoms in total. The van der Waals surface area contributed by atoms with Crippen molar-refractivity contribution in [2.45, 2.75) is 25.0 Å². The molecule has 0 radical (unpaired) electrons. The van der Waals surface area contributed by atoms with E-state index in [9.17, 15) is 5.11 Å². The van der Waals surface area contributed by atoms with E-state index in [2.05, 4.69) is 5.32 Å². The lowest BCUT2D eigenvalue weighted by Gasteiger charge is -2.16. The quantitative estimate of drug-likeness (QED) is 0.692. The van der Waals surface area contributed by atoms with E-state index >= 15 is 0 Å². The molecule has 1 fully saturated rings. The van der Waals surface area contributed by atoms with Crippen molar-refractivity contribution >= 4 is 0 Å². The number of aliphatic hydroxyl groups excluding tert-OH is 1. The predicted octanol–water partition coefficient (Wildman–Crippen LogP) is 1.06. The number of furan rings is 1. The number of hydrogen-bond acceptors (Lipinski definition) is 3. The first-order chi connectivity index (χ1) is 5.88. The standard InChI is InChI=1S/C9H13NO2/c11-9(7-3-5-12-6-7)8-2-1-4-10-8/h3,5-6,8-11H,1-2,4H2. The predicted molar refractivity (Wildman–Crippen MR) is 44.7 cm³/mol. The van der Waals surface area contributed by atoms with E-state index in [-0.39, 0.29) is 6.04 Å². The first kappa shape index (κ1) is 7.83. The monoisotopic (exact) mass is 167 g/mol. The van der Waals surface area contributed by atoms with Crippen LogP contribution in [0.3, 0.4) is 0 Å². The van der Waals surface area contributed by atoms with Crippen molar-refractivity contribution in [1.29, 1.82) is 0 Å². The highest BCUT2D eigenvalue weighted by atomic mass is 16.3. The van der Waals surface area contributed by atoms with Crippen LogP contribution in [0.4, 0.5) is 0 Å². The maximum absolute atomic E-state index is 9.79. The van der Waals surface area contributed by atoms with Gasteiger partial charge in [-0.25, -0.2) is 0 Å². The van der Waals surface area contributed by atoms with Gasteiger partial charge in [0.25, 0.3) is 0 Å². The van der Waals surface area contributed by atoms with Crippen LogP contribution in [0.15, 0.2) is 23.0 Å². The second-order valence-electron chi connectivity index (χ2n) is 3.20. The zero-order valence-corrected chi connectivity index (χ0v) is 6.86. The molecule has 3 heteroatoms. The van der Waals surface area contributed by atoms with Crippen LogP contribution in [0, 0.1) is 0 Å². The Labute approximate surface area is 71.4 Å². The van der Waals surface area contributed by atoms with Gasteiger partial charge in [0.15, 0.2) is 0 Å². The zero-order valence-electron chi connectivity index (χ0n) is 6.86. The highest BCUT2D eigenvalue weighted by molar-refractivity contribution is 5.12. The summed E-state index contributed by atoms with van der Waals surface area (Å²) in [6.07, 6.45) is 4.98. The molecule has 1 aliphatic rings. The summed E-state index contributed by atoms with van der Waals surface area (Å²) in [6.45, 7) is 1.01. The maximum atomic E-state index is 9.79. The van der Waals surface area contributed by atoms with Crippen LogP contribution in [-0.2, 0) is 0 Å². The number of aliphatic hydroxyl groups is 1. The molecule has 2 N–H and O–H groups in total. The van der Waals surface area contributed by atoms with Gasteiger partial charge in [-0.05, 0) is 25.5 Å². The van der Waals surface area contributed by atoms with Crippen molar-refractivity contribution in [1.82, 2.24) is 5.32 Å². The molecule has 0 bridgehead atoms. The van der Waals surface area contributed by atoms with Gasteiger partial charge in [0, 0.05) is 11.6 Å². The van der Waals surface area contributed by atoms with Crippen LogP contribution < -0.4 is 5.32 Å². The minimum atomic E-state index is -0.411. The lowest BCUT2D eigenvalue weighted by molar-refractivity contribution is 0.137. The summed E-state index contributed by atoms with van der Waals surface area (Å²) in [6, 6.07) is 2.02. The molecule has 1 aromatic heterocycles. The molecule has 0 aromatic carbocycles. The van der Waals surface area contributed by atoms with Crippen molar-refractivity contribution in [2.75, 3.05) is 6.54 Å². The second-order valence-corrected chi connectivity index (χ2v) is 3.20. The van der Waals surface area contributed by atoms with E-state index in [0.717, 1.165) is 24.9 Å². The van der Waals surface area contributed by atoms with Gasteiger partial charge >= 0.3 is 0 Å². The van der Waals surface area contributed by atoms with Gasteiger partial charge in [0.1, 0.15) is 0 Å². The maximum Gasteiger partial charge on any atom is 0.0973 e. The summed E-state index contributed by atoms with van der Waals surface area (Å²) in [5.41, 5.74) is 0.870. The molecule has 0 amide bonds. The molecule has 2 atom stereocenters.